The summed E-state index contributed by atoms with van der Waals surface area (Å²) in [6, 6.07) is 6.06. The fraction of sp³-hybridized carbons (Fsp3) is 0.421. The molecule has 0 radical (unpaired) electrons. The Balaban J connectivity index is 1.49. The van der Waals surface area contributed by atoms with Crippen LogP contribution in [0.2, 0.25) is 0 Å². The van der Waals surface area contributed by atoms with E-state index in [0.29, 0.717) is 29.8 Å². The van der Waals surface area contributed by atoms with Crippen LogP contribution < -0.4 is 10.5 Å². The lowest BCUT2D eigenvalue weighted by molar-refractivity contribution is 0.180. The third-order valence-electron chi connectivity index (χ3n) is 4.75. The number of ether oxygens (including phenoxy) is 1. The molecule has 1 aliphatic heterocycles. The van der Waals surface area contributed by atoms with Gasteiger partial charge >= 0.3 is 0 Å². The van der Waals surface area contributed by atoms with Crippen LogP contribution in [0, 0.1) is 6.92 Å². The van der Waals surface area contributed by atoms with E-state index in [4.69, 9.17) is 10.5 Å². The van der Waals surface area contributed by atoms with Crippen molar-refractivity contribution in [3.8, 4) is 17.4 Å². The van der Waals surface area contributed by atoms with Gasteiger partial charge in [-0.2, -0.15) is 0 Å². The Morgan fingerprint density at radius 1 is 1.19 bits per heavy atom. The second-order valence-electron chi connectivity index (χ2n) is 6.80. The first-order valence-corrected chi connectivity index (χ1v) is 9.13. The highest BCUT2D eigenvalue weighted by molar-refractivity contribution is 5.81. The lowest BCUT2D eigenvalue weighted by Crippen LogP contribution is -2.33. The number of nitrogens with two attached hydrogens (primary N) is 1. The molecule has 3 aromatic rings. The van der Waals surface area contributed by atoms with Crippen LogP contribution in [0.4, 0.5) is 5.82 Å². The molecule has 136 valence electrons. The van der Waals surface area contributed by atoms with E-state index >= 15 is 0 Å². The predicted molar refractivity (Wildman–Crippen MR) is 102 cm³/mol. The van der Waals surface area contributed by atoms with Crippen LogP contribution in [0.3, 0.4) is 0 Å². The minimum Gasteiger partial charge on any atom is -0.475 e. The van der Waals surface area contributed by atoms with E-state index in [-0.39, 0.29) is 0 Å². The summed E-state index contributed by atoms with van der Waals surface area (Å²) in [6.45, 7) is 5.86. The van der Waals surface area contributed by atoms with Gasteiger partial charge in [0.15, 0.2) is 17.3 Å². The molecule has 1 saturated heterocycles. The Labute approximate surface area is 152 Å². The number of benzene rings is 1. The molecule has 3 N–H and O–H groups in total. The van der Waals surface area contributed by atoms with E-state index in [0.717, 1.165) is 30.7 Å². The summed E-state index contributed by atoms with van der Waals surface area (Å²) in [7, 11) is 0. The number of H-pyrrole nitrogens is 1. The average molecular weight is 352 g/mol. The minimum absolute atomic E-state index is 0.337. The number of likely N-dealkylation sites (tertiary alicyclic amines) is 1. The fourth-order valence-corrected chi connectivity index (χ4v) is 3.32. The summed E-state index contributed by atoms with van der Waals surface area (Å²) in [4.78, 5) is 19.0. The maximum Gasteiger partial charge on any atom is 0.233 e. The molecule has 1 aromatic carbocycles. The van der Waals surface area contributed by atoms with Gasteiger partial charge in [-0.1, -0.05) is 12.5 Å². The Kier molecular flexibility index (Phi) is 4.71. The van der Waals surface area contributed by atoms with Gasteiger partial charge in [-0.25, -0.2) is 15.0 Å². The van der Waals surface area contributed by atoms with Crippen molar-refractivity contribution in [2.24, 2.45) is 0 Å². The number of aromatic nitrogens is 4. The average Bonchev–Trinajstić information content (AvgIpc) is 3.07. The first kappa shape index (κ1) is 16.8. The highest BCUT2D eigenvalue weighted by atomic mass is 16.5. The molecule has 1 fully saturated rings. The van der Waals surface area contributed by atoms with Gasteiger partial charge in [-0.15, -0.1) is 0 Å². The topological polar surface area (TPSA) is 93.0 Å². The summed E-state index contributed by atoms with van der Waals surface area (Å²) in [5, 5.41) is 0. The maximum atomic E-state index is 6.02. The lowest BCUT2D eigenvalue weighted by Gasteiger charge is -2.26. The molecule has 0 saturated carbocycles. The summed E-state index contributed by atoms with van der Waals surface area (Å²) in [6.07, 6.45) is 5.46. The van der Waals surface area contributed by atoms with E-state index in [1.54, 1.807) is 6.20 Å². The molecule has 0 unspecified atom stereocenters. The number of hydrogen-bond donors (Lipinski definition) is 2. The molecular formula is C19H24N6O. The minimum atomic E-state index is 0.337. The lowest BCUT2D eigenvalue weighted by atomic mass is 10.1. The van der Waals surface area contributed by atoms with Crippen molar-refractivity contribution in [2.45, 2.75) is 26.2 Å². The van der Waals surface area contributed by atoms with Crippen molar-refractivity contribution in [1.82, 2.24) is 24.8 Å². The number of aromatic amines is 1. The Morgan fingerprint density at radius 2 is 2.04 bits per heavy atom. The normalized spacial score (nSPS) is 15.4. The zero-order chi connectivity index (χ0) is 17.9. The summed E-state index contributed by atoms with van der Waals surface area (Å²) < 4.78 is 5.81. The zero-order valence-electron chi connectivity index (χ0n) is 15.0. The van der Waals surface area contributed by atoms with Crippen LogP contribution in [0.5, 0.6) is 5.88 Å². The molecule has 0 bridgehead atoms. The van der Waals surface area contributed by atoms with Crippen molar-refractivity contribution in [3.63, 3.8) is 0 Å². The zero-order valence-corrected chi connectivity index (χ0v) is 15.0. The molecular weight excluding hydrogens is 328 g/mol. The first-order chi connectivity index (χ1) is 12.7. The highest BCUT2D eigenvalue weighted by Gasteiger charge is 2.14. The van der Waals surface area contributed by atoms with Crippen molar-refractivity contribution in [1.29, 1.82) is 0 Å². The van der Waals surface area contributed by atoms with Crippen molar-refractivity contribution in [2.75, 3.05) is 32.0 Å². The molecule has 2 aromatic heterocycles. The van der Waals surface area contributed by atoms with Gasteiger partial charge < -0.3 is 15.5 Å². The van der Waals surface area contributed by atoms with Crippen LogP contribution in [0.25, 0.3) is 22.6 Å². The number of rotatable bonds is 5. The fourth-order valence-electron chi connectivity index (χ4n) is 3.32. The number of hydrogen-bond acceptors (Lipinski definition) is 6. The number of piperidine rings is 1. The Hall–Kier alpha value is -2.67. The van der Waals surface area contributed by atoms with Crippen LogP contribution in [0.15, 0.2) is 24.4 Å². The van der Waals surface area contributed by atoms with E-state index in [2.05, 4.69) is 30.9 Å². The van der Waals surface area contributed by atoms with Crippen molar-refractivity contribution >= 4 is 16.9 Å². The molecule has 4 rings (SSSR count). The smallest absolute Gasteiger partial charge is 0.233 e. The SMILES string of the molecule is Cc1ccc2nc(-c3nc(OCCN4CCCCC4)cnc3N)[nH]c2c1. The molecule has 7 nitrogen and oxygen atoms in total. The number of anilines is 1. The van der Waals surface area contributed by atoms with Crippen LogP contribution >= 0.6 is 0 Å². The van der Waals surface area contributed by atoms with Gasteiger partial charge in [-0.05, 0) is 50.6 Å². The maximum absolute atomic E-state index is 6.02. The van der Waals surface area contributed by atoms with Gasteiger partial charge in [0.25, 0.3) is 0 Å². The highest BCUT2D eigenvalue weighted by Crippen LogP contribution is 2.25. The standard InChI is InChI=1S/C19H24N6O/c1-13-5-6-14-15(11-13)23-19(22-14)17-18(20)21-12-16(24-17)26-10-9-25-7-3-2-4-8-25/h5-6,11-12H,2-4,7-10H2,1H3,(H2,20,21)(H,22,23). The third-order valence-corrected chi connectivity index (χ3v) is 4.75. The van der Waals surface area contributed by atoms with E-state index in [1.165, 1.54) is 24.8 Å². The molecule has 3 heterocycles. The molecule has 0 atom stereocenters. The number of imidazole rings is 1. The quantitative estimate of drug-likeness (QED) is 0.733. The summed E-state index contributed by atoms with van der Waals surface area (Å²) in [5.41, 5.74) is 9.55. The molecule has 7 heteroatoms. The van der Waals surface area contributed by atoms with Crippen LogP contribution in [-0.2, 0) is 0 Å². The van der Waals surface area contributed by atoms with Gasteiger partial charge in [0.2, 0.25) is 5.88 Å². The van der Waals surface area contributed by atoms with Crippen LogP contribution in [0.1, 0.15) is 24.8 Å². The molecule has 0 aliphatic carbocycles. The van der Waals surface area contributed by atoms with Gasteiger partial charge in [0, 0.05) is 6.54 Å². The van der Waals surface area contributed by atoms with E-state index in [1.807, 2.05) is 19.1 Å². The largest absolute Gasteiger partial charge is 0.475 e. The van der Waals surface area contributed by atoms with Crippen molar-refractivity contribution in [3.05, 3.63) is 30.0 Å². The molecule has 26 heavy (non-hydrogen) atoms. The monoisotopic (exact) mass is 352 g/mol. The predicted octanol–water partition coefficient (Wildman–Crippen LogP) is 2.78. The van der Waals surface area contributed by atoms with Gasteiger partial charge in [0.1, 0.15) is 6.61 Å². The molecule has 1 aliphatic rings. The van der Waals surface area contributed by atoms with Gasteiger partial charge in [-0.3, -0.25) is 4.90 Å². The Morgan fingerprint density at radius 3 is 2.88 bits per heavy atom. The van der Waals surface area contributed by atoms with Crippen molar-refractivity contribution < 1.29 is 4.74 Å². The second-order valence-corrected chi connectivity index (χ2v) is 6.80. The van der Waals surface area contributed by atoms with E-state index in [9.17, 15) is 0 Å². The summed E-state index contributed by atoms with van der Waals surface area (Å²) >= 11 is 0. The van der Waals surface area contributed by atoms with Gasteiger partial charge in [0.05, 0.1) is 17.2 Å². The number of nitrogens with zero attached hydrogens (tertiary/aromatic N) is 4. The van der Waals surface area contributed by atoms with Crippen LogP contribution in [-0.4, -0.2) is 51.1 Å². The number of aryl methyl sites for hydroxylation is 1. The summed E-state index contributed by atoms with van der Waals surface area (Å²) in [5.74, 6) is 1.42. The van der Waals surface area contributed by atoms with E-state index < -0.39 is 0 Å². The first-order valence-electron chi connectivity index (χ1n) is 9.13. The Bertz CT molecular complexity index is 900. The second kappa shape index (κ2) is 7.29. The number of nitrogens with one attached hydrogen (secondary N) is 1. The molecule has 0 amide bonds. The third kappa shape index (κ3) is 3.62. The molecule has 0 spiro atoms. The number of nitrogen functional groups attached to an aromatic ring is 1. The number of fused-ring (bicyclic) bond motifs is 1.